The predicted molar refractivity (Wildman–Crippen MR) is 107 cm³/mol. The lowest BCUT2D eigenvalue weighted by atomic mass is 10.0. The molecule has 1 aliphatic rings. The highest BCUT2D eigenvalue weighted by Gasteiger charge is 2.32. The van der Waals surface area contributed by atoms with E-state index in [4.69, 9.17) is 9.47 Å². The summed E-state index contributed by atoms with van der Waals surface area (Å²) in [4.78, 5) is 24.0. The van der Waals surface area contributed by atoms with E-state index in [-0.39, 0.29) is 24.0 Å². The number of aryl methyl sites for hydroxylation is 1. The molecular formula is C22H26N2O4. The van der Waals surface area contributed by atoms with E-state index in [9.17, 15) is 9.59 Å². The third-order valence-corrected chi connectivity index (χ3v) is 4.43. The Morgan fingerprint density at radius 2 is 1.93 bits per heavy atom. The second kappa shape index (κ2) is 8.33. The van der Waals surface area contributed by atoms with Gasteiger partial charge in [-0.3, -0.25) is 9.59 Å². The van der Waals surface area contributed by atoms with Crippen LogP contribution in [0.15, 0.2) is 42.5 Å². The van der Waals surface area contributed by atoms with Gasteiger partial charge in [-0.25, -0.2) is 0 Å². The fraction of sp³-hybridized carbons (Fsp3) is 0.364. The Kier molecular flexibility index (Phi) is 5.87. The van der Waals surface area contributed by atoms with Crippen molar-refractivity contribution in [2.45, 2.75) is 32.8 Å². The maximum absolute atomic E-state index is 12.0. The number of ether oxygens (including phenoxy) is 2. The van der Waals surface area contributed by atoms with Crippen LogP contribution in [0, 0.1) is 6.92 Å². The molecule has 2 aromatic carbocycles. The van der Waals surface area contributed by atoms with Crippen LogP contribution in [0.4, 0.5) is 0 Å². The molecule has 0 saturated carbocycles. The lowest BCUT2D eigenvalue weighted by Crippen LogP contribution is -2.38. The van der Waals surface area contributed by atoms with Crippen LogP contribution < -0.4 is 20.1 Å². The molecule has 0 aromatic heterocycles. The summed E-state index contributed by atoms with van der Waals surface area (Å²) in [6, 6.07) is 13.1. The van der Waals surface area contributed by atoms with Gasteiger partial charge in [-0.15, -0.1) is 0 Å². The highest BCUT2D eigenvalue weighted by molar-refractivity contribution is 5.96. The molecule has 0 bridgehead atoms. The van der Waals surface area contributed by atoms with E-state index >= 15 is 0 Å². The molecule has 2 amide bonds. The number of nitrogens with one attached hydrogen (secondary N) is 2. The summed E-state index contributed by atoms with van der Waals surface area (Å²) in [6.45, 7) is 6.58. The third-order valence-electron chi connectivity index (χ3n) is 4.43. The topological polar surface area (TPSA) is 76.7 Å². The summed E-state index contributed by atoms with van der Waals surface area (Å²) in [5.41, 5.74) is 2.43. The zero-order chi connectivity index (χ0) is 20.1. The van der Waals surface area contributed by atoms with E-state index in [0.717, 1.165) is 23.3 Å². The minimum atomic E-state index is -0.269. The number of hydrogen-bond donors (Lipinski definition) is 2. The molecule has 0 radical (unpaired) electrons. The van der Waals surface area contributed by atoms with Crippen LogP contribution in [0.3, 0.4) is 0 Å². The van der Waals surface area contributed by atoms with Gasteiger partial charge in [0.15, 0.2) is 11.5 Å². The summed E-state index contributed by atoms with van der Waals surface area (Å²) in [5.74, 6) is 0.935. The van der Waals surface area contributed by atoms with Crippen molar-refractivity contribution in [3.05, 3.63) is 59.2 Å². The van der Waals surface area contributed by atoms with Gasteiger partial charge in [0.2, 0.25) is 5.91 Å². The zero-order valence-corrected chi connectivity index (χ0v) is 16.5. The van der Waals surface area contributed by atoms with Crippen LogP contribution >= 0.6 is 0 Å². The molecule has 0 saturated heterocycles. The van der Waals surface area contributed by atoms with Crippen LogP contribution in [0.25, 0.3) is 0 Å². The molecule has 1 aliphatic heterocycles. The number of carbonyl (C=O) groups excluding carboxylic acids is 2. The molecule has 2 N–H and O–H groups in total. The average Bonchev–Trinajstić information content (AvgIpc) is 2.97. The van der Waals surface area contributed by atoms with Crippen molar-refractivity contribution in [2.24, 2.45) is 0 Å². The van der Waals surface area contributed by atoms with Crippen molar-refractivity contribution in [2.75, 3.05) is 19.7 Å². The number of carbonyl (C=O) groups is 2. The Bertz CT molecular complexity index is 877. The number of hydrogen-bond acceptors (Lipinski definition) is 4. The maximum atomic E-state index is 12.0. The monoisotopic (exact) mass is 382 g/mol. The second-order valence-corrected chi connectivity index (χ2v) is 7.53. The molecule has 0 atom stereocenters. The highest BCUT2D eigenvalue weighted by atomic mass is 16.5. The van der Waals surface area contributed by atoms with Gasteiger partial charge in [-0.05, 0) is 39.0 Å². The molecule has 3 rings (SSSR count). The van der Waals surface area contributed by atoms with E-state index in [1.165, 1.54) is 0 Å². The highest BCUT2D eigenvalue weighted by Crippen LogP contribution is 2.41. The molecule has 2 aromatic rings. The summed E-state index contributed by atoms with van der Waals surface area (Å²) in [7, 11) is 0. The fourth-order valence-electron chi connectivity index (χ4n) is 3.16. The first-order chi connectivity index (χ1) is 13.3. The molecule has 6 heteroatoms. The Morgan fingerprint density at radius 1 is 1.14 bits per heavy atom. The van der Waals surface area contributed by atoms with Crippen LogP contribution in [-0.4, -0.2) is 37.1 Å². The lowest BCUT2D eigenvalue weighted by molar-refractivity contribution is -0.120. The van der Waals surface area contributed by atoms with Crippen molar-refractivity contribution < 1.29 is 19.1 Å². The summed E-state index contributed by atoms with van der Waals surface area (Å²) in [6.07, 6.45) is 0.844. The summed E-state index contributed by atoms with van der Waals surface area (Å²) >= 11 is 0. The summed E-state index contributed by atoms with van der Waals surface area (Å²) < 4.78 is 11.7. The molecular weight excluding hydrogens is 356 g/mol. The van der Waals surface area contributed by atoms with Gasteiger partial charge in [0, 0.05) is 17.5 Å². The molecule has 6 nitrogen and oxygen atoms in total. The van der Waals surface area contributed by atoms with Crippen molar-refractivity contribution >= 4 is 11.8 Å². The Balaban J connectivity index is 1.40. The largest absolute Gasteiger partial charge is 0.488 e. The molecule has 1 heterocycles. The zero-order valence-electron chi connectivity index (χ0n) is 16.5. The fourth-order valence-corrected chi connectivity index (χ4v) is 3.16. The van der Waals surface area contributed by atoms with Crippen LogP contribution in [-0.2, 0) is 11.2 Å². The number of amides is 2. The van der Waals surface area contributed by atoms with E-state index in [0.29, 0.717) is 24.5 Å². The van der Waals surface area contributed by atoms with Crippen LogP contribution in [0.5, 0.6) is 11.5 Å². The van der Waals surface area contributed by atoms with Gasteiger partial charge in [0.25, 0.3) is 5.91 Å². The van der Waals surface area contributed by atoms with Gasteiger partial charge in [0.05, 0.1) is 13.1 Å². The molecule has 0 unspecified atom stereocenters. The van der Waals surface area contributed by atoms with Gasteiger partial charge in [-0.2, -0.15) is 0 Å². The van der Waals surface area contributed by atoms with Gasteiger partial charge < -0.3 is 20.1 Å². The minimum absolute atomic E-state index is 0.0786. The number of benzene rings is 2. The number of rotatable bonds is 7. The Labute approximate surface area is 165 Å². The standard InChI is InChI=1S/C22H26N2O4/c1-15-6-4-7-16(12-15)21(26)24-14-19(25)23-10-11-27-18-9-5-8-17-13-22(2,3)28-20(17)18/h4-9,12H,10-11,13-14H2,1-3H3,(H,23,25)(H,24,26). The smallest absolute Gasteiger partial charge is 0.251 e. The van der Waals surface area contributed by atoms with Gasteiger partial charge >= 0.3 is 0 Å². The van der Waals surface area contributed by atoms with Gasteiger partial charge in [0.1, 0.15) is 12.2 Å². The summed E-state index contributed by atoms with van der Waals surface area (Å²) in [5, 5.41) is 5.35. The quantitative estimate of drug-likeness (QED) is 0.722. The Morgan fingerprint density at radius 3 is 2.71 bits per heavy atom. The number of para-hydroxylation sites is 1. The SMILES string of the molecule is Cc1cccc(C(=O)NCC(=O)NCCOc2cccc3c2OC(C)(C)C3)c1. The third kappa shape index (κ3) is 5.03. The van der Waals surface area contributed by atoms with Crippen molar-refractivity contribution in [3.8, 4) is 11.5 Å². The maximum Gasteiger partial charge on any atom is 0.251 e. The number of fused-ring (bicyclic) bond motifs is 1. The molecule has 28 heavy (non-hydrogen) atoms. The molecule has 0 fully saturated rings. The molecule has 0 spiro atoms. The van der Waals surface area contributed by atoms with Crippen molar-refractivity contribution in [1.29, 1.82) is 0 Å². The van der Waals surface area contributed by atoms with E-state index in [1.54, 1.807) is 12.1 Å². The van der Waals surface area contributed by atoms with Gasteiger partial charge in [-0.1, -0.05) is 29.8 Å². The van der Waals surface area contributed by atoms with E-state index in [1.807, 2.05) is 51.1 Å². The average molecular weight is 382 g/mol. The normalized spacial score (nSPS) is 14.0. The molecule has 0 aliphatic carbocycles. The second-order valence-electron chi connectivity index (χ2n) is 7.53. The predicted octanol–water partition coefficient (Wildman–Crippen LogP) is 2.63. The van der Waals surface area contributed by atoms with E-state index < -0.39 is 0 Å². The van der Waals surface area contributed by atoms with Crippen LogP contribution in [0.2, 0.25) is 0 Å². The first-order valence-electron chi connectivity index (χ1n) is 9.39. The first kappa shape index (κ1) is 19.7. The first-order valence-corrected chi connectivity index (χ1v) is 9.39. The van der Waals surface area contributed by atoms with E-state index in [2.05, 4.69) is 10.6 Å². The van der Waals surface area contributed by atoms with Crippen LogP contribution in [0.1, 0.15) is 35.3 Å². The Hall–Kier alpha value is -3.02. The minimum Gasteiger partial charge on any atom is -0.488 e. The van der Waals surface area contributed by atoms with Crippen molar-refractivity contribution in [1.82, 2.24) is 10.6 Å². The van der Waals surface area contributed by atoms with Crippen molar-refractivity contribution in [3.63, 3.8) is 0 Å². The molecule has 148 valence electrons. The lowest BCUT2D eigenvalue weighted by Gasteiger charge is -2.18.